The molecule has 1 aromatic heterocycles. The minimum atomic E-state index is -4.79. The molecule has 112 valence electrons. The van der Waals surface area contributed by atoms with Gasteiger partial charge in [0.15, 0.2) is 6.73 Å². The Hall–Kier alpha value is -2.51. The molecule has 0 radical (unpaired) electrons. The van der Waals surface area contributed by atoms with Gasteiger partial charge in [0.1, 0.15) is 5.75 Å². The molecule has 1 aromatic carbocycles. The molecular formula is C13H10F3NO4. The molecule has 0 N–H and O–H groups in total. The standard InChI is InChI=1S/C13H10F3NO4/c1-8(18)20-7-17-11-4-3-10(21-13(14,15)16)6-9(11)2-5-12(17)19/h2-6H,7H2,1H3. The quantitative estimate of drug-likeness (QED) is 0.817. The Bertz CT molecular complexity index is 736. The van der Waals surface area contributed by atoms with Crippen LogP contribution in [0.4, 0.5) is 13.2 Å². The molecule has 2 aromatic rings. The Morgan fingerprint density at radius 3 is 2.57 bits per heavy atom. The topological polar surface area (TPSA) is 57.5 Å². The second kappa shape index (κ2) is 5.47. The molecule has 2 rings (SSSR count). The predicted molar refractivity (Wildman–Crippen MR) is 66.7 cm³/mol. The van der Waals surface area contributed by atoms with Crippen molar-refractivity contribution in [2.75, 3.05) is 0 Å². The van der Waals surface area contributed by atoms with E-state index in [0.717, 1.165) is 16.7 Å². The first-order chi connectivity index (χ1) is 9.76. The molecule has 0 aliphatic heterocycles. The first kappa shape index (κ1) is 14.9. The Kier molecular flexibility index (Phi) is 3.88. The fourth-order valence-corrected chi connectivity index (χ4v) is 1.77. The highest BCUT2D eigenvalue weighted by Gasteiger charge is 2.31. The molecule has 0 saturated heterocycles. The second-order valence-electron chi connectivity index (χ2n) is 4.13. The lowest BCUT2D eigenvalue weighted by atomic mass is 10.2. The van der Waals surface area contributed by atoms with E-state index in [-0.39, 0.29) is 6.73 Å². The summed E-state index contributed by atoms with van der Waals surface area (Å²) in [7, 11) is 0. The van der Waals surface area contributed by atoms with Gasteiger partial charge in [-0.05, 0) is 24.3 Å². The Balaban J connectivity index is 2.44. The minimum Gasteiger partial charge on any atom is -0.444 e. The maximum absolute atomic E-state index is 12.2. The molecular weight excluding hydrogens is 291 g/mol. The largest absolute Gasteiger partial charge is 0.573 e. The lowest BCUT2D eigenvalue weighted by Gasteiger charge is -2.12. The third-order valence-electron chi connectivity index (χ3n) is 2.59. The van der Waals surface area contributed by atoms with Gasteiger partial charge in [-0.2, -0.15) is 0 Å². The van der Waals surface area contributed by atoms with Crippen molar-refractivity contribution in [1.82, 2.24) is 4.57 Å². The zero-order valence-electron chi connectivity index (χ0n) is 10.8. The van der Waals surface area contributed by atoms with Crippen LogP contribution in [-0.4, -0.2) is 16.9 Å². The fraction of sp³-hybridized carbons (Fsp3) is 0.231. The number of nitrogens with zero attached hydrogens (tertiary/aromatic N) is 1. The van der Waals surface area contributed by atoms with Gasteiger partial charge < -0.3 is 9.47 Å². The van der Waals surface area contributed by atoms with Crippen LogP contribution in [0.3, 0.4) is 0 Å². The first-order valence-electron chi connectivity index (χ1n) is 5.79. The summed E-state index contributed by atoms with van der Waals surface area (Å²) in [4.78, 5) is 22.5. The average Bonchev–Trinajstić information content (AvgIpc) is 2.35. The number of alkyl halides is 3. The molecule has 5 nitrogen and oxygen atoms in total. The molecule has 0 bridgehead atoms. The van der Waals surface area contributed by atoms with Gasteiger partial charge in [-0.1, -0.05) is 0 Å². The number of ether oxygens (including phenoxy) is 2. The van der Waals surface area contributed by atoms with E-state index in [2.05, 4.69) is 4.74 Å². The molecule has 0 aliphatic rings. The van der Waals surface area contributed by atoms with E-state index in [0.29, 0.717) is 10.9 Å². The van der Waals surface area contributed by atoms with Crippen LogP contribution >= 0.6 is 0 Å². The third kappa shape index (κ3) is 3.74. The Labute approximate surface area is 116 Å². The van der Waals surface area contributed by atoms with Crippen LogP contribution in [0.2, 0.25) is 0 Å². The molecule has 21 heavy (non-hydrogen) atoms. The van der Waals surface area contributed by atoms with Crippen LogP contribution in [-0.2, 0) is 16.3 Å². The van der Waals surface area contributed by atoms with Gasteiger partial charge in [0.05, 0.1) is 5.52 Å². The summed E-state index contributed by atoms with van der Waals surface area (Å²) in [5.41, 5.74) is -0.105. The van der Waals surface area contributed by atoms with Crippen molar-refractivity contribution in [3.63, 3.8) is 0 Å². The summed E-state index contributed by atoms with van der Waals surface area (Å²) >= 11 is 0. The normalized spacial score (nSPS) is 11.4. The molecule has 0 unspecified atom stereocenters. The number of carbonyl (C=O) groups excluding carboxylic acids is 1. The number of rotatable bonds is 3. The predicted octanol–water partition coefficient (Wildman–Crippen LogP) is 2.42. The second-order valence-corrected chi connectivity index (χ2v) is 4.13. The van der Waals surface area contributed by atoms with Crippen molar-refractivity contribution >= 4 is 16.9 Å². The van der Waals surface area contributed by atoms with E-state index >= 15 is 0 Å². The van der Waals surface area contributed by atoms with Crippen LogP contribution in [0.15, 0.2) is 35.1 Å². The number of benzene rings is 1. The number of halogens is 3. The van der Waals surface area contributed by atoms with Crippen molar-refractivity contribution in [3.05, 3.63) is 40.7 Å². The highest BCUT2D eigenvalue weighted by atomic mass is 19.4. The van der Waals surface area contributed by atoms with Crippen molar-refractivity contribution < 1.29 is 27.4 Å². The number of hydrogen-bond acceptors (Lipinski definition) is 4. The maximum Gasteiger partial charge on any atom is 0.573 e. The summed E-state index contributed by atoms with van der Waals surface area (Å²) in [6, 6.07) is 6.06. The first-order valence-corrected chi connectivity index (χ1v) is 5.79. The van der Waals surface area contributed by atoms with Gasteiger partial charge in [-0.15, -0.1) is 13.2 Å². The number of pyridine rings is 1. The summed E-state index contributed by atoms with van der Waals surface area (Å²) in [6.07, 6.45) is -4.79. The zero-order valence-corrected chi connectivity index (χ0v) is 10.8. The zero-order chi connectivity index (χ0) is 15.6. The molecule has 1 heterocycles. The molecule has 0 atom stereocenters. The fourth-order valence-electron chi connectivity index (χ4n) is 1.77. The number of aromatic nitrogens is 1. The van der Waals surface area contributed by atoms with Crippen LogP contribution in [0.1, 0.15) is 6.92 Å². The smallest absolute Gasteiger partial charge is 0.444 e. The number of carbonyl (C=O) groups is 1. The number of hydrogen-bond donors (Lipinski definition) is 0. The van der Waals surface area contributed by atoms with E-state index < -0.39 is 23.6 Å². The molecule has 8 heteroatoms. The van der Waals surface area contributed by atoms with Gasteiger partial charge >= 0.3 is 12.3 Å². The molecule has 0 amide bonds. The van der Waals surface area contributed by atoms with Crippen LogP contribution < -0.4 is 10.3 Å². The van der Waals surface area contributed by atoms with Crippen molar-refractivity contribution in [2.45, 2.75) is 20.0 Å². The summed E-state index contributed by atoms with van der Waals surface area (Å²) in [5, 5.41) is 0.350. The Morgan fingerprint density at radius 1 is 1.24 bits per heavy atom. The summed E-state index contributed by atoms with van der Waals surface area (Å²) in [6.45, 7) is 0.871. The van der Waals surface area contributed by atoms with E-state index in [4.69, 9.17) is 4.74 Å². The number of fused-ring (bicyclic) bond motifs is 1. The lowest BCUT2D eigenvalue weighted by molar-refractivity contribution is -0.274. The monoisotopic (exact) mass is 301 g/mol. The van der Waals surface area contributed by atoms with Crippen LogP contribution in [0.25, 0.3) is 10.9 Å². The van der Waals surface area contributed by atoms with Gasteiger partial charge in [0.25, 0.3) is 5.56 Å². The SMILES string of the molecule is CC(=O)OCn1c(=O)ccc2cc(OC(F)(F)F)ccc21. The summed E-state index contributed by atoms with van der Waals surface area (Å²) in [5.74, 6) is -0.969. The minimum absolute atomic E-state index is 0.315. The third-order valence-corrected chi connectivity index (χ3v) is 2.59. The molecule has 0 spiro atoms. The highest BCUT2D eigenvalue weighted by Crippen LogP contribution is 2.25. The lowest BCUT2D eigenvalue weighted by Crippen LogP contribution is -2.22. The van der Waals surface area contributed by atoms with E-state index in [1.807, 2.05) is 0 Å². The van der Waals surface area contributed by atoms with E-state index in [1.54, 1.807) is 0 Å². The van der Waals surface area contributed by atoms with Crippen molar-refractivity contribution in [3.8, 4) is 5.75 Å². The van der Waals surface area contributed by atoms with E-state index in [9.17, 15) is 22.8 Å². The Morgan fingerprint density at radius 2 is 1.95 bits per heavy atom. The van der Waals surface area contributed by atoms with Gasteiger partial charge in [0, 0.05) is 18.4 Å². The van der Waals surface area contributed by atoms with Gasteiger partial charge in [0.2, 0.25) is 0 Å². The van der Waals surface area contributed by atoms with Crippen molar-refractivity contribution in [2.24, 2.45) is 0 Å². The molecule has 0 saturated carbocycles. The average molecular weight is 301 g/mol. The highest BCUT2D eigenvalue weighted by molar-refractivity contribution is 5.80. The maximum atomic E-state index is 12.2. The van der Waals surface area contributed by atoms with E-state index in [1.165, 1.54) is 25.1 Å². The molecule has 0 fully saturated rings. The van der Waals surface area contributed by atoms with Gasteiger partial charge in [-0.3, -0.25) is 14.2 Å². The molecule has 0 aliphatic carbocycles. The summed E-state index contributed by atoms with van der Waals surface area (Å²) < 4.78 is 46.2. The van der Waals surface area contributed by atoms with Gasteiger partial charge in [-0.25, -0.2) is 0 Å². The van der Waals surface area contributed by atoms with Crippen LogP contribution in [0, 0.1) is 0 Å². The van der Waals surface area contributed by atoms with Crippen molar-refractivity contribution in [1.29, 1.82) is 0 Å². The van der Waals surface area contributed by atoms with Crippen LogP contribution in [0.5, 0.6) is 5.75 Å². The number of esters is 1.